The predicted molar refractivity (Wildman–Crippen MR) is 133 cm³/mol. The van der Waals surface area contributed by atoms with Crippen LogP contribution in [0.4, 0.5) is 0 Å². The van der Waals surface area contributed by atoms with E-state index < -0.39 is 16.4 Å². The molecule has 174 valence electrons. The Kier molecular flexibility index (Phi) is 7.50. The number of hydrogen-bond acceptors (Lipinski definition) is 4. The van der Waals surface area contributed by atoms with Gasteiger partial charge in [-0.1, -0.05) is 91.0 Å². The second kappa shape index (κ2) is 10.7. The van der Waals surface area contributed by atoms with Gasteiger partial charge < -0.3 is 19.7 Å². The summed E-state index contributed by atoms with van der Waals surface area (Å²) < 4.78 is 11.1. The summed E-state index contributed by atoms with van der Waals surface area (Å²) in [5.74, 6) is -1.92. The van der Waals surface area contributed by atoms with Crippen LogP contribution in [0.1, 0.15) is 16.7 Å². The molecule has 1 aliphatic rings. The molecule has 0 saturated heterocycles. The number of allylic oxidation sites excluding steroid dienone is 1. The summed E-state index contributed by atoms with van der Waals surface area (Å²) in [6, 6.07) is 28.7. The maximum Gasteiger partial charge on any atom is 0.332 e. The van der Waals surface area contributed by atoms with Crippen LogP contribution >= 0.6 is 15.9 Å². The number of carboxylic acids is 1. The summed E-state index contributed by atoms with van der Waals surface area (Å²) in [6.45, 7) is 0.381. The summed E-state index contributed by atoms with van der Waals surface area (Å²) in [5.41, 5.74) is 2.80. The predicted octanol–water partition coefficient (Wildman–Crippen LogP) is 6.16. The Morgan fingerprint density at radius 3 is 1.85 bits per heavy atom. The summed E-state index contributed by atoms with van der Waals surface area (Å²) in [5, 5.41) is 20.9. The van der Waals surface area contributed by atoms with E-state index in [1.165, 1.54) is 6.08 Å². The molecule has 2 unspecified atom stereocenters. The van der Waals surface area contributed by atoms with Crippen molar-refractivity contribution in [3.63, 3.8) is 0 Å². The highest BCUT2D eigenvalue weighted by molar-refractivity contribution is 9.10. The molecule has 2 atom stereocenters. The van der Waals surface area contributed by atoms with Crippen LogP contribution in [-0.4, -0.2) is 20.7 Å². The third-order valence-electron chi connectivity index (χ3n) is 5.71. The average molecular weight is 521 g/mol. The first kappa shape index (κ1) is 23.8. The molecule has 5 nitrogen and oxygen atoms in total. The van der Waals surface area contributed by atoms with E-state index in [2.05, 4.69) is 15.9 Å². The lowest BCUT2D eigenvalue weighted by Gasteiger charge is -2.40. The molecule has 3 aromatic rings. The third-order valence-corrected chi connectivity index (χ3v) is 6.85. The van der Waals surface area contributed by atoms with E-state index in [4.69, 9.17) is 9.47 Å². The van der Waals surface area contributed by atoms with Gasteiger partial charge in [0, 0.05) is 11.5 Å². The monoisotopic (exact) mass is 520 g/mol. The number of aliphatic hydroxyl groups is 1. The van der Waals surface area contributed by atoms with Gasteiger partial charge in [0.05, 0.1) is 6.61 Å². The Labute approximate surface area is 207 Å². The molecule has 4 rings (SSSR count). The number of aliphatic carboxylic acids is 1. The van der Waals surface area contributed by atoms with Gasteiger partial charge >= 0.3 is 5.97 Å². The van der Waals surface area contributed by atoms with E-state index in [9.17, 15) is 15.0 Å². The SMILES string of the molecule is O=C(O)C1=CC(O)=C(OCc2ccccc2)C(Br)(OCc2ccccc2)C1Cc1ccccc1. The number of ether oxygens (including phenoxy) is 2. The third kappa shape index (κ3) is 5.41. The fourth-order valence-corrected chi connectivity index (χ4v) is 4.82. The number of hydrogen-bond donors (Lipinski definition) is 2. The Bertz CT molecular complexity index is 1180. The standard InChI is InChI=1S/C28H25BrO5/c29-28(34-19-22-14-8-3-9-15-22)24(16-20-10-4-1-5-11-20)23(27(31)32)17-25(30)26(28)33-18-21-12-6-2-7-13-21/h1-15,17,24,30H,16,18-19H2,(H,31,32). The molecule has 0 spiro atoms. The highest BCUT2D eigenvalue weighted by Crippen LogP contribution is 2.48. The second-order valence-electron chi connectivity index (χ2n) is 8.06. The van der Waals surface area contributed by atoms with Gasteiger partial charge in [0.1, 0.15) is 6.61 Å². The molecule has 0 aromatic heterocycles. The van der Waals surface area contributed by atoms with Crippen LogP contribution in [0.15, 0.2) is 114 Å². The minimum absolute atomic E-state index is 0.0401. The van der Waals surface area contributed by atoms with E-state index in [-0.39, 0.29) is 30.3 Å². The number of alkyl halides is 1. The minimum atomic E-state index is -1.40. The van der Waals surface area contributed by atoms with Crippen molar-refractivity contribution in [2.75, 3.05) is 0 Å². The average Bonchev–Trinajstić information content (AvgIpc) is 2.86. The lowest BCUT2D eigenvalue weighted by molar-refractivity contribution is -0.134. The number of benzene rings is 3. The second-order valence-corrected chi connectivity index (χ2v) is 9.23. The van der Waals surface area contributed by atoms with Crippen molar-refractivity contribution in [2.45, 2.75) is 24.1 Å². The molecule has 6 heteroatoms. The largest absolute Gasteiger partial charge is 0.504 e. The van der Waals surface area contributed by atoms with Crippen LogP contribution in [0.2, 0.25) is 0 Å². The first-order valence-electron chi connectivity index (χ1n) is 10.9. The lowest BCUT2D eigenvalue weighted by Crippen LogP contribution is -2.44. The molecule has 0 bridgehead atoms. The van der Waals surface area contributed by atoms with Crippen LogP contribution in [-0.2, 0) is 33.9 Å². The van der Waals surface area contributed by atoms with Gasteiger partial charge in [-0.25, -0.2) is 4.79 Å². The molecule has 0 heterocycles. The van der Waals surface area contributed by atoms with Gasteiger partial charge in [-0.05, 0) is 45.1 Å². The Morgan fingerprint density at radius 2 is 1.32 bits per heavy atom. The van der Waals surface area contributed by atoms with Gasteiger partial charge in [0.25, 0.3) is 0 Å². The van der Waals surface area contributed by atoms with Crippen LogP contribution in [0, 0.1) is 5.92 Å². The van der Waals surface area contributed by atoms with Crippen molar-refractivity contribution in [2.24, 2.45) is 5.92 Å². The van der Waals surface area contributed by atoms with E-state index in [0.717, 1.165) is 16.7 Å². The zero-order chi connectivity index (χ0) is 24.0. The lowest BCUT2D eigenvalue weighted by atomic mass is 9.82. The minimum Gasteiger partial charge on any atom is -0.504 e. The zero-order valence-corrected chi connectivity index (χ0v) is 20.0. The smallest absolute Gasteiger partial charge is 0.332 e. The molecular formula is C28H25BrO5. The maximum absolute atomic E-state index is 12.2. The first-order valence-corrected chi connectivity index (χ1v) is 11.7. The quantitative estimate of drug-likeness (QED) is 0.330. The number of carbonyl (C=O) groups is 1. The highest BCUT2D eigenvalue weighted by atomic mass is 79.9. The summed E-state index contributed by atoms with van der Waals surface area (Å²) in [4.78, 5) is 12.2. The van der Waals surface area contributed by atoms with Crippen LogP contribution in [0.5, 0.6) is 0 Å². The van der Waals surface area contributed by atoms with Crippen molar-refractivity contribution < 1.29 is 24.5 Å². The molecule has 1 aliphatic carbocycles. The van der Waals surface area contributed by atoms with Crippen molar-refractivity contribution in [1.29, 1.82) is 0 Å². The molecule has 0 radical (unpaired) electrons. The number of rotatable bonds is 9. The summed E-state index contributed by atoms with van der Waals surface area (Å²) in [6.07, 6.45) is 1.63. The molecular weight excluding hydrogens is 496 g/mol. The van der Waals surface area contributed by atoms with Gasteiger partial charge in [-0.2, -0.15) is 0 Å². The van der Waals surface area contributed by atoms with E-state index in [1.54, 1.807) is 0 Å². The van der Waals surface area contributed by atoms with E-state index >= 15 is 0 Å². The molecule has 34 heavy (non-hydrogen) atoms. The zero-order valence-electron chi connectivity index (χ0n) is 18.4. The topological polar surface area (TPSA) is 76.0 Å². The van der Waals surface area contributed by atoms with Crippen molar-refractivity contribution >= 4 is 21.9 Å². The van der Waals surface area contributed by atoms with Crippen LogP contribution in [0.25, 0.3) is 0 Å². The Hall–Kier alpha value is -3.35. The van der Waals surface area contributed by atoms with Gasteiger partial charge in [-0.3, -0.25) is 0 Å². The highest BCUT2D eigenvalue weighted by Gasteiger charge is 2.50. The molecule has 0 aliphatic heterocycles. The van der Waals surface area contributed by atoms with Crippen molar-refractivity contribution in [3.05, 3.63) is 131 Å². The van der Waals surface area contributed by atoms with E-state index in [1.807, 2.05) is 91.0 Å². The van der Waals surface area contributed by atoms with Crippen LogP contribution in [0.3, 0.4) is 0 Å². The number of aliphatic hydroxyl groups excluding tert-OH is 1. The normalized spacial score (nSPS) is 20.0. The Morgan fingerprint density at radius 1 is 0.824 bits per heavy atom. The fourth-order valence-electron chi connectivity index (χ4n) is 3.98. The summed E-state index contributed by atoms with van der Waals surface area (Å²) in [7, 11) is 0. The fraction of sp³-hybridized carbons (Fsp3) is 0.179. The molecule has 0 saturated carbocycles. The molecule has 2 N–H and O–H groups in total. The van der Waals surface area contributed by atoms with E-state index in [0.29, 0.717) is 6.42 Å². The molecule has 3 aromatic carbocycles. The number of halogens is 1. The van der Waals surface area contributed by atoms with Gasteiger partial charge in [0.2, 0.25) is 0 Å². The van der Waals surface area contributed by atoms with Crippen molar-refractivity contribution in [1.82, 2.24) is 0 Å². The van der Waals surface area contributed by atoms with Gasteiger partial charge in [-0.15, -0.1) is 0 Å². The molecule has 0 amide bonds. The summed E-state index contributed by atoms with van der Waals surface area (Å²) >= 11 is 3.70. The maximum atomic E-state index is 12.2. The Balaban J connectivity index is 1.73. The van der Waals surface area contributed by atoms with Gasteiger partial charge in [0.15, 0.2) is 16.0 Å². The number of carboxylic acid groups (broad SMARTS) is 1. The first-order chi connectivity index (χ1) is 16.5. The molecule has 0 fully saturated rings. The van der Waals surface area contributed by atoms with Crippen LogP contribution < -0.4 is 0 Å². The van der Waals surface area contributed by atoms with Crippen molar-refractivity contribution in [3.8, 4) is 0 Å².